The highest BCUT2D eigenvalue weighted by Crippen LogP contribution is 2.35. The van der Waals surface area contributed by atoms with Crippen LogP contribution in [0, 0.1) is 6.92 Å². The number of ether oxygens (including phenoxy) is 1. The molecule has 2 heterocycles. The molecule has 1 N–H and O–H groups in total. The molecule has 1 aliphatic rings. The second-order valence-electron chi connectivity index (χ2n) is 6.97. The van der Waals surface area contributed by atoms with Crippen LogP contribution in [0.2, 0.25) is 10.0 Å². The molecule has 0 spiro atoms. The fourth-order valence-corrected chi connectivity index (χ4v) is 3.74. The van der Waals surface area contributed by atoms with Gasteiger partial charge >= 0.3 is 6.18 Å². The molecule has 2 aromatic rings. The van der Waals surface area contributed by atoms with Crippen molar-refractivity contribution >= 4 is 34.8 Å². The Balaban J connectivity index is 1.69. The summed E-state index contributed by atoms with van der Waals surface area (Å²) in [6.07, 6.45) is -4.70. The van der Waals surface area contributed by atoms with Gasteiger partial charge in [-0.25, -0.2) is 5.21 Å². The van der Waals surface area contributed by atoms with Crippen molar-refractivity contribution in [3.05, 3.63) is 39.6 Å². The van der Waals surface area contributed by atoms with Gasteiger partial charge in [-0.2, -0.15) is 18.3 Å². The van der Waals surface area contributed by atoms with Gasteiger partial charge in [0, 0.05) is 12.1 Å². The largest absolute Gasteiger partial charge is 0.495 e. The summed E-state index contributed by atoms with van der Waals surface area (Å²) in [4.78, 5) is 14.1. The van der Waals surface area contributed by atoms with Gasteiger partial charge in [-0.3, -0.25) is 9.48 Å². The zero-order chi connectivity index (χ0) is 22.3. The lowest BCUT2D eigenvalue weighted by Crippen LogP contribution is -2.60. The first-order valence-electron chi connectivity index (χ1n) is 8.98. The molecule has 1 aromatic carbocycles. The molecule has 0 aliphatic carbocycles. The Bertz CT molecular complexity index is 957. The minimum Gasteiger partial charge on any atom is -0.495 e. The average molecular weight is 468 g/mol. The minimum atomic E-state index is -4.70. The summed E-state index contributed by atoms with van der Waals surface area (Å²) in [6, 6.07) is 4.93. The van der Waals surface area contributed by atoms with Gasteiger partial charge in [-0.1, -0.05) is 23.2 Å². The van der Waals surface area contributed by atoms with E-state index in [1.165, 1.54) is 18.9 Å². The lowest BCUT2D eigenvalue weighted by atomic mass is 10.2. The van der Waals surface area contributed by atoms with E-state index in [-0.39, 0.29) is 38.4 Å². The Morgan fingerprint density at radius 1 is 1.30 bits per heavy atom. The summed E-state index contributed by atoms with van der Waals surface area (Å²) >= 11 is 11.7. The number of hydrogen-bond donors (Lipinski definition) is 1. The molecule has 164 valence electrons. The molecule has 0 unspecified atom stereocenters. The maximum Gasteiger partial charge on any atom is 0.436 e. The van der Waals surface area contributed by atoms with Gasteiger partial charge in [0.05, 0.1) is 35.9 Å². The predicted molar refractivity (Wildman–Crippen MR) is 105 cm³/mol. The van der Waals surface area contributed by atoms with Crippen LogP contribution in [0.5, 0.6) is 5.75 Å². The van der Waals surface area contributed by atoms with E-state index >= 15 is 0 Å². The number of hydrogen-bond acceptors (Lipinski definition) is 4. The van der Waals surface area contributed by atoms with Crippen LogP contribution in [0.25, 0.3) is 0 Å². The van der Waals surface area contributed by atoms with Gasteiger partial charge in [0.2, 0.25) is 5.91 Å². The number of benzene rings is 1. The topological polar surface area (TPSA) is 67.6 Å². The normalized spacial score (nSPS) is 16.6. The number of carbonyl (C=O) groups excluding carboxylic acids is 1. The van der Waals surface area contributed by atoms with E-state index in [4.69, 9.17) is 27.9 Å². The molecule has 3 rings (SSSR count). The van der Waals surface area contributed by atoms with Crippen LogP contribution in [0.3, 0.4) is 0 Å². The highest BCUT2D eigenvalue weighted by molar-refractivity contribution is 6.32. The molecule has 1 aliphatic heterocycles. The quantitative estimate of drug-likeness (QED) is 0.695. The van der Waals surface area contributed by atoms with Crippen LogP contribution in [-0.2, 0) is 17.5 Å². The van der Waals surface area contributed by atoms with Crippen molar-refractivity contribution in [2.75, 3.05) is 33.3 Å². The Kier molecular flexibility index (Phi) is 6.24. The lowest BCUT2D eigenvalue weighted by Gasteiger charge is -2.38. The lowest BCUT2D eigenvalue weighted by molar-refractivity contribution is -0.145. The number of methoxy groups -OCH3 is 1. The van der Waals surface area contributed by atoms with Crippen molar-refractivity contribution in [3.63, 3.8) is 0 Å². The van der Waals surface area contributed by atoms with E-state index in [1.54, 1.807) is 18.2 Å². The number of aromatic nitrogens is 2. The molecule has 30 heavy (non-hydrogen) atoms. The molecule has 1 amide bonds. The van der Waals surface area contributed by atoms with Crippen LogP contribution < -0.4 is 9.38 Å². The summed E-state index contributed by atoms with van der Waals surface area (Å²) in [5, 5.41) is 14.3. The van der Waals surface area contributed by atoms with E-state index in [2.05, 4.69) is 5.10 Å². The number of amides is 1. The summed E-state index contributed by atoms with van der Waals surface area (Å²) in [7, 11) is 1.47. The standard InChI is InChI=1S/C18H20Cl2F3N4O3/c1-11-16(20)17(18(21,22)23)24-26(11)10-15(28)25-5-7-27(29,8-6-25)12-3-4-13(19)14(9-12)30-2/h3-4,9,29H,5-8,10H2,1-2H3/q+1. The number of carbonyl (C=O) groups is 1. The van der Waals surface area contributed by atoms with Gasteiger partial charge in [0.1, 0.15) is 25.4 Å². The molecule has 1 fully saturated rings. The molecular weight excluding hydrogens is 448 g/mol. The molecule has 12 heteroatoms. The summed E-state index contributed by atoms with van der Waals surface area (Å²) in [6.45, 7) is 1.81. The van der Waals surface area contributed by atoms with Crippen LogP contribution in [0.1, 0.15) is 11.4 Å². The number of hydroxylamine groups is 2. The molecule has 0 saturated carbocycles. The van der Waals surface area contributed by atoms with Crippen LogP contribution >= 0.6 is 23.2 Å². The van der Waals surface area contributed by atoms with Gasteiger partial charge in [-0.05, 0) is 13.0 Å². The van der Waals surface area contributed by atoms with E-state index in [1.807, 2.05) is 0 Å². The van der Waals surface area contributed by atoms with Gasteiger partial charge in [0.25, 0.3) is 0 Å². The summed E-state index contributed by atoms with van der Waals surface area (Å²) in [5.41, 5.74) is -0.585. The van der Waals surface area contributed by atoms with Crippen molar-refractivity contribution in [2.45, 2.75) is 19.6 Å². The molecule has 1 aromatic heterocycles. The molecule has 1 saturated heterocycles. The molecule has 0 radical (unpaired) electrons. The van der Waals surface area contributed by atoms with Crippen molar-refractivity contribution in [3.8, 4) is 5.75 Å². The van der Waals surface area contributed by atoms with Gasteiger partial charge in [0.15, 0.2) is 11.4 Å². The minimum absolute atomic E-state index is 0.0647. The monoisotopic (exact) mass is 467 g/mol. The number of alkyl halides is 3. The zero-order valence-electron chi connectivity index (χ0n) is 16.2. The first-order chi connectivity index (χ1) is 14.0. The van der Waals surface area contributed by atoms with Crippen LogP contribution in [-0.4, -0.2) is 59.1 Å². The summed E-state index contributed by atoms with van der Waals surface area (Å²) in [5.74, 6) is 0.0108. The van der Waals surface area contributed by atoms with Crippen LogP contribution in [0.4, 0.5) is 18.9 Å². The van der Waals surface area contributed by atoms with E-state index in [9.17, 15) is 23.2 Å². The first-order valence-corrected chi connectivity index (χ1v) is 9.73. The van der Waals surface area contributed by atoms with Gasteiger partial charge in [-0.15, -0.1) is 4.65 Å². The number of halogens is 5. The highest BCUT2D eigenvalue weighted by Gasteiger charge is 2.39. The smallest absolute Gasteiger partial charge is 0.436 e. The third kappa shape index (κ3) is 4.36. The maximum atomic E-state index is 13.0. The zero-order valence-corrected chi connectivity index (χ0v) is 17.7. The van der Waals surface area contributed by atoms with E-state index < -0.39 is 27.4 Å². The van der Waals surface area contributed by atoms with Crippen molar-refractivity contribution < 1.29 is 27.9 Å². The molecular formula is C18H20Cl2F3N4O3+. The van der Waals surface area contributed by atoms with E-state index in [0.29, 0.717) is 16.5 Å². The number of rotatable bonds is 4. The molecule has 0 bridgehead atoms. The van der Waals surface area contributed by atoms with Gasteiger partial charge < -0.3 is 9.64 Å². The fourth-order valence-electron chi connectivity index (χ4n) is 3.30. The third-order valence-electron chi connectivity index (χ3n) is 5.13. The number of piperazine rings is 1. The Morgan fingerprint density at radius 3 is 2.47 bits per heavy atom. The average Bonchev–Trinajstić information content (AvgIpc) is 2.97. The first kappa shape index (κ1) is 22.7. The second kappa shape index (κ2) is 8.26. The molecule has 0 atom stereocenters. The van der Waals surface area contributed by atoms with Crippen molar-refractivity contribution in [1.29, 1.82) is 0 Å². The highest BCUT2D eigenvalue weighted by atomic mass is 35.5. The second-order valence-corrected chi connectivity index (χ2v) is 7.76. The Labute approximate surface area is 180 Å². The number of quaternary nitrogens is 1. The SMILES string of the molecule is COc1cc([N+]2(O)CCN(C(=O)Cn3nc(C(F)(F)F)c(Cl)c3C)CC2)ccc1Cl. The Hall–Kier alpha value is -2.01. The predicted octanol–water partition coefficient (Wildman–Crippen LogP) is 3.76. The fraction of sp³-hybridized carbons (Fsp3) is 0.444. The maximum absolute atomic E-state index is 13.0. The molecule has 7 nitrogen and oxygen atoms in total. The third-order valence-corrected chi connectivity index (χ3v) is 5.90. The summed E-state index contributed by atoms with van der Waals surface area (Å²) < 4.78 is 44.6. The van der Waals surface area contributed by atoms with E-state index in [0.717, 1.165) is 4.68 Å². The van der Waals surface area contributed by atoms with Crippen molar-refractivity contribution in [2.24, 2.45) is 0 Å². The Morgan fingerprint density at radius 2 is 1.93 bits per heavy atom. The van der Waals surface area contributed by atoms with Crippen LogP contribution in [0.15, 0.2) is 18.2 Å². The number of nitrogens with zero attached hydrogens (tertiary/aromatic N) is 4. The van der Waals surface area contributed by atoms with Crippen molar-refractivity contribution in [1.82, 2.24) is 19.3 Å².